The summed E-state index contributed by atoms with van der Waals surface area (Å²) >= 11 is 0. The number of hydrogen-bond acceptors (Lipinski definition) is 8. The molecule has 0 aromatic heterocycles. The van der Waals surface area contributed by atoms with Gasteiger partial charge in [0.25, 0.3) is 5.91 Å². The Morgan fingerprint density at radius 1 is 1.35 bits per heavy atom. The molecule has 2 aliphatic heterocycles. The summed E-state index contributed by atoms with van der Waals surface area (Å²) in [6.07, 6.45) is 7.42. The molecule has 164 valence electrons. The van der Waals surface area contributed by atoms with E-state index in [2.05, 4.69) is 20.5 Å². The maximum absolute atomic E-state index is 13.0. The molecule has 1 aromatic rings. The van der Waals surface area contributed by atoms with E-state index in [1.165, 1.54) is 0 Å². The number of morpholine rings is 1. The van der Waals surface area contributed by atoms with E-state index in [0.29, 0.717) is 49.8 Å². The van der Waals surface area contributed by atoms with E-state index < -0.39 is 5.91 Å². The van der Waals surface area contributed by atoms with Crippen LogP contribution in [0.25, 0.3) is 0 Å². The Balaban J connectivity index is 1.98. The lowest BCUT2D eigenvalue weighted by Crippen LogP contribution is -2.37. The molecule has 9 nitrogen and oxygen atoms in total. The first-order chi connectivity index (χ1) is 15.0. The highest BCUT2D eigenvalue weighted by molar-refractivity contribution is 6.18. The largest absolute Gasteiger partial charge is 0.378 e. The number of amides is 1. The molecule has 0 unspecified atom stereocenters. The van der Waals surface area contributed by atoms with E-state index >= 15 is 0 Å². The van der Waals surface area contributed by atoms with Crippen molar-refractivity contribution < 1.29 is 14.3 Å². The van der Waals surface area contributed by atoms with Gasteiger partial charge in [0, 0.05) is 43.8 Å². The minimum atomic E-state index is -0.447. The summed E-state index contributed by atoms with van der Waals surface area (Å²) in [6.45, 7) is 3.24. The van der Waals surface area contributed by atoms with Crippen LogP contribution in [-0.2, 0) is 16.0 Å². The van der Waals surface area contributed by atoms with Crippen molar-refractivity contribution in [3.05, 3.63) is 46.9 Å². The van der Waals surface area contributed by atoms with Gasteiger partial charge < -0.3 is 30.6 Å². The third-order valence-electron chi connectivity index (χ3n) is 5.06. The van der Waals surface area contributed by atoms with Crippen LogP contribution >= 0.6 is 0 Å². The molecule has 0 spiro atoms. The van der Waals surface area contributed by atoms with Crippen molar-refractivity contribution in [2.24, 2.45) is 4.99 Å². The first-order valence-electron chi connectivity index (χ1n) is 10.1. The zero-order valence-electron chi connectivity index (χ0n) is 17.9. The van der Waals surface area contributed by atoms with Gasteiger partial charge in [0.15, 0.2) is 0 Å². The van der Waals surface area contributed by atoms with E-state index in [1.807, 2.05) is 31.1 Å². The highest BCUT2D eigenvalue weighted by atomic mass is 16.5. The van der Waals surface area contributed by atoms with Gasteiger partial charge in [-0.2, -0.15) is 0 Å². The molecule has 1 fully saturated rings. The van der Waals surface area contributed by atoms with E-state index in [1.54, 1.807) is 18.5 Å². The van der Waals surface area contributed by atoms with Gasteiger partial charge in [-0.1, -0.05) is 0 Å². The van der Waals surface area contributed by atoms with Crippen molar-refractivity contribution in [2.75, 3.05) is 57.2 Å². The second kappa shape index (κ2) is 10.6. The quantitative estimate of drug-likeness (QED) is 0.331. The molecule has 0 bridgehead atoms. The lowest BCUT2D eigenvalue weighted by atomic mass is 10.0. The van der Waals surface area contributed by atoms with Gasteiger partial charge in [-0.05, 0) is 44.3 Å². The van der Waals surface area contributed by atoms with Crippen molar-refractivity contribution in [1.82, 2.24) is 10.2 Å². The molecule has 0 saturated carbocycles. The third-order valence-corrected chi connectivity index (χ3v) is 5.06. The Morgan fingerprint density at radius 2 is 2.13 bits per heavy atom. The Bertz CT molecular complexity index is 929. The second-order valence-corrected chi connectivity index (χ2v) is 7.48. The van der Waals surface area contributed by atoms with Crippen LogP contribution < -0.4 is 15.5 Å². The van der Waals surface area contributed by atoms with Crippen molar-refractivity contribution in [1.29, 1.82) is 5.41 Å². The van der Waals surface area contributed by atoms with Crippen molar-refractivity contribution >= 4 is 36.0 Å². The summed E-state index contributed by atoms with van der Waals surface area (Å²) in [7, 11) is 3.94. The fraction of sp³-hybridized carbons (Fsp3) is 0.364. The summed E-state index contributed by atoms with van der Waals surface area (Å²) in [5.74, 6) is -0.142. The van der Waals surface area contributed by atoms with Crippen molar-refractivity contribution in [3.63, 3.8) is 0 Å². The number of rotatable bonds is 8. The molecule has 9 heteroatoms. The molecule has 2 aliphatic rings. The number of aliphatic imine (C=N–C) groups is 1. The number of anilines is 2. The number of likely N-dealkylation sites (N-methyl/N-ethyl adjacent to an activating group) is 1. The lowest BCUT2D eigenvalue weighted by molar-refractivity contribution is -0.112. The van der Waals surface area contributed by atoms with Gasteiger partial charge in [-0.15, -0.1) is 0 Å². The lowest BCUT2D eigenvalue weighted by Gasteiger charge is -2.31. The smallest absolute Gasteiger partial charge is 0.261 e. The van der Waals surface area contributed by atoms with E-state index in [0.717, 1.165) is 30.3 Å². The Kier molecular flexibility index (Phi) is 7.69. The molecule has 2 heterocycles. The SMILES string of the molecule is CN(C)CCc1cc(NC(=O)/C(C=N)=C2\N=CC=CN2)c(N2CCOCC2)cc1C=O. The van der Waals surface area contributed by atoms with Crippen molar-refractivity contribution in [2.45, 2.75) is 6.42 Å². The molecule has 0 radical (unpaired) electrons. The van der Waals surface area contributed by atoms with Gasteiger partial charge in [0.05, 0.1) is 30.2 Å². The second-order valence-electron chi connectivity index (χ2n) is 7.48. The highest BCUT2D eigenvalue weighted by Gasteiger charge is 2.21. The van der Waals surface area contributed by atoms with Gasteiger partial charge in [0.2, 0.25) is 0 Å². The summed E-state index contributed by atoms with van der Waals surface area (Å²) in [5, 5.41) is 13.5. The number of allylic oxidation sites excluding steroid dienone is 1. The van der Waals surface area contributed by atoms with Crippen LogP contribution in [0.5, 0.6) is 0 Å². The Morgan fingerprint density at radius 3 is 2.74 bits per heavy atom. The van der Waals surface area contributed by atoms with E-state index in [9.17, 15) is 9.59 Å². The van der Waals surface area contributed by atoms with Gasteiger partial charge in [-0.3, -0.25) is 9.59 Å². The first-order valence-corrected chi connectivity index (χ1v) is 10.1. The number of carbonyl (C=O) groups excluding carboxylic acids is 2. The number of ether oxygens (including phenoxy) is 1. The molecule has 3 N–H and O–H groups in total. The minimum absolute atomic E-state index is 0.114. The molecular formula is C22H28N6O3. The summed E-state index contributed by atoms with van der Waals surface area (Å²) < 4.78 is 5.45. The number of aldehydes is 1. The molecule has 1 saturated heterocycles. The van der Waals surface area contributed by atoms with E-state index in [4.69, 9.17) is 10.1 Å². The predicted molar refractivity (Wildman–Crippen MR) is 122 cm³/mol. The van der Waals surface area contributed by atoms with E-state index in [-0.39, 0.29) is 5.57 Å². The summed E-state index contributed by atoms with van der Waals surface area (Å²) in [6, 6.07) is 3.69. The fourth-order valence-electron chi connectivity index (χ4n) is 3.39. The molecule has 0 aliphatic carbocycles. The summed E-state index contributed by atoms with van der Waals surface area (Å²) in [5.41, 5.74) is 2.94. The number of nitrogens with one attached hydrogen (secondary N) is 3. The molecular weight excluding hydrogens is 396 g/mol. The molecule has 3 rings (SSSR count). The van der Waals surface area contributed by atoms with Crippen molar-refractivity contribution in [3.8, 4) is 0 Å². The third kappa shape index (κ3) is 5.65. The molecule has 31 heavy (non-hydrogen) atoms. The monoisotopic (exact) mass is 424 g/mol. The van der Waals surface area contributed by atoms with Gasteiger partial charge >= 0.3 is 0 Å². The zero-order chi connectivity index (χ0) is 22.2. The van der Waals surface area contributed by atoms with Crippen LogP contribution in [-0.4, -0.2) is 76.5 Å². The highest BCUT2D eigenvalue weighted by Crippen LogP contribution is 2.31. The number of carbonyl (C=O) groups is 2. The number of hydrogen-bond donors (Lipinski definition) is 3. The van der Waals surface area contributed by atoms with Gasteiger partial charge in [0.1, 0.15) is 12.1 Å². The minimum Gasteiger partial charge on any atom is -0.378 e. The normalized spacial score (nSPS) is 17.3. The number of benzene rings is 1. The Labute approximate surface area is 182 Å². The standard InChI is InChI=1S/C22H28N6O3/c1-27(2)7-4-16-12-19(20(13-17(16)15-29)28-8-10-31-11-9-28)26-22(30)18(14-23)21-24-5-3-6-25-21/h3,5-6,12-15,23-24H,4,7-11H2,1-2H3,(H,26,30)/b21-18-,23-14?. The van der Waals surface area contributed by atoms with Crippen LogP contribution in [0.1, 0.15) is 15.9 Å². The zero-order valence-corrected chi connectivity index (χ0v) is 17.9. The van der Waals surface area contributed by atoms with Crippen LogP contribution in [0.15, 0.2) is 40.8 Å². The predicted octanol–water partition coefficient (Wildman–Crippen LogP) is 1.43. The van der Waals surface area contributed by atoms with Gasteiger partial charge in [-0.25, -0.2) is 4.99 Å². The topological polar surface area (TPSA) is 110 Å². The van der Waals surface area contributed by atoms with Crippen LogP contribution in [0.2, 0.25) is 0 Å². The van der Waals surface area contributed by atoms with Crippen LogP contribution in [0.3, 0.4) is 0 Å². The fourth-order valence-corrected chi connectivity index (χ4v) is 3.39. The van der Waals surface area contributed by atoms with Crippen LogP contribution in [0.4, 0.5) is 11.4 Å². The number of nitrogens with zero attached hydrogens (tertiary/aromatic N) is 3. The summed E-state index contributed by atoms with van der Waals surface area (Å²) in [4.78, 5) is 33.1. The average Bonchev–Trinajstić information content (AvgIpc) is 2.79. The maximum atomic E-state index is 13.0. The average molecular weight is 425 g/mol. The molecule has 1 aromatic carbocycles. The maximum Gasteiger partial charge on any atom is 0.261 e. The Hall–Kier alpha value is -3.30. The van der Waals surface area contributed by atoms with Crippen LogP contribution in [0, 0.1) is 5.41 Å². The molecule has 0 atom stereocenters. The molecule has 1 amide bonds. The first kappa shape index (κ1) is 22.4.